The van der Waals surface area contributed by atoms with Crippen LogP contribution in [0.3, 0.4) is 0 Å². The summed E-state index contributed by atoms with van der Waals surface area (Å²) >= 11 is 0. The number of rotatable bonds is 0. The van der Waals surface area contributed by atoms with Gasteiger partial charge in [-0.05, 0) is 18.3 Å². The summed E-state index contributed by atoms with van der Waals surface area (Å²) < 4.78 is 5.40. The zero-order valence-electron chi connectivity index (χ0n) is 5.60. The normalized spacial score (nSPS) is 42.7. The number of ether oxygens (including phenoxy) is 1. The first-order chi connectivity index (χ1) is 4.45. The third kappa shape index (κ3) is 1.10. The zero-order chi connectivity index (χ0) is 6.10. The minimum atomic E-state index is 0.817. The molecule has 2 atom stereocenters. The van der Waals surface area contributed by atoms with Crippen LogP contribution in [0.4, 0.5) is 0 Å². The Kier molecular flexibility index (Phi) is 1.44. The minimum Gasteiger partial charge on any atom is -0.381 e. The molecule has 2 unspecified atom stereocenters. The molecule has 2 rings (SSSR count). The topological polar surface area (TPSA) is 21.3 Å². The van der Waals surface area contributed by atoms with E-state index in [-0.39, 0.29) is 0 Å². The van der Waals surface area contributed by atoms with E-state index in [1.54, 1.807) is 0 Å². The Morgan fingerprint density at radius 1 is 1.11 bits per heavy atom. The first kappa shape index (κ1) is 5.69. The van der Waals surface area contributed by atoms with Crippen LogP contribution < -0.4 is 5.32 Å². The van der Waals surface area contributed by atoms with Gasteiger partial charge in [-0.1, -0.05) is 0 Å². The highest BCUT2D eigenvalue weighted by atomic mass is 16.5. The summed E-state index contributed by atoms with van der Waals surface area (Å²) in [7, 11) is 0. The maximum absolute atomic E-state index is 5.40. The van der Waals surface area contributed by atoms with Crippen molar-refractivity contribution in [3.8, 4) is 0 Å². The second kappa shape index (κ2) is 2.27. The number of fused-ring (bicyclic) bond motifs is 2. The molecule has 0 aliphatic carbocycles. The van der Waals surface area contributed by atoms with Gasteiger partial charge in [-0.15, -0.1) is 0 Å². The van der Waals surface area contributed by atoms with Crippen LogP contribution >= 0.6 is 0 Å². The van der Waals surface area contributed by atoms with Crippen molar-refractivity contribution < 1.29 is 4.74 Å². The standard InChI is InChI=1S/C7H13NO/c1-6-2-8-3-7(1)5-9-4-6/h6-8H,1-5H2. The molecule has 2 saturated heterocycles. The third-order valence-electron chi connectivity index (χ3n) is 2.24. The lowest BCUT2D eigenvalue weighted by Crippen LogP contribution is -2.43. The molecule has 0 spiro atoms. The van der Waals surface area contributed by atoms with Gasteiger partial charge in [-0.3, -0.25) is 0 Å². The van der Waals surface area contributed by atoms with Crippen LogP contribution in [0.5, 0.6) is 0 Å². The molecular formula is C7H13NO. The molecule has 1 N–H and O–H groups in total. The average molecular weight is 127 g/mol. The number of hydrogen-bond acceptors (Lipinski definition) is 2. The molecular weight excluding hydrogens is 114 g/mol. The lowest BCUT2D eigenvalue weighted by Gasteiger charge is -2.34. The summed E-state index contributed by atoms with van der Waals surface area (Å²) in [5.41, 5.74) is 0. The van der Waals surface area contributed by atoms with Crippen molar-refractivity contribution in [2.45, 2.75) is 6.42 Å². The lowest BCUT2D eigenvalue weighted by molar-refractivity contribution is -0.00121. The molecule has 0 amide bonds. The fraction of sp³-hybridized carbons (Fsp3) is 1.00. The molecule has 0 aromatic heterocycles. The molecule has 0 saturated carbocycles. The molecule has 2 fully saturated rings. The van der Waals surface area contributed by atoms with Gasteiger partial charge in [0.2, 0.25) is 0 Å². The van der Waals surface area contributed by atoms with Crippen molar-refractivity contribution in [3.63, 3.8) is 0 Å². The molecule has 0 aromatic carbocycles. The summed E-state index contributed by atoms with van der Waals surface area (Å²) in [6.45, 7) is 4.33. The summed E-state index contributed by atoms with van der Waals surface area (Å²) in [6.07, 6.45) is 1.40. The second-order valence-corrected chi connectivity index (χ2v) is 3.16. The maximum atomic E-state index is 5.40. The van der Waals surface area contributed by atoms with E-state index in [4.69, 9.17) is 4.74 Å². The first-order valence-electron chi connectivity index (χ1n) is 3.73. The Balaban J connectivity index is 1.96. The van der Waals surface area contributed by atoms with Gasteiger partial charge in [0, 0.05) is 13.1 Å². The van der Waals surface area contributed by atoms with E-state index in [0.29, 0.717) is 0 Å². The van der Waals surface area contributed by atoms with E-state index >= 15 is 0 Å². The van der Waals surface area contributed by atoms with Gasteiger partial charge in [-0.2, -0.15) is 0 Å². The summed E-state index contributed by atoms with van der Waals surface area (Å²) in [5, 5.41) is 3.41. The highest BCUT2D eigenvalue weighted by Crippen LogP contribution is 2.21. The summed E-state index contributed by atoms with van der Waals surface area (Å²) in [4.78, 5) is 0. The van der Waals surface area contributed by atoms with E-state index in [0.717, 1.165) is 25.0 Å². The minimum absolute atomic E-state index is 0.817. The molecule has 2 heterocycles. The highest BCUT2D eigenvalue weighted by Gasteiger charge is 2.25. The van der Waals surface area contributed by atoms with Crippen molar-refractivity contribution >= 4 is 0 Å². The third-order valence-corrected chi connectivity index (χ3v) is 2.24. The van der Waals surface area contributed by atoms with Crippen LogP contribution in [0.15, 0.2) is 0 Å². The fourth-order valence-electron chi connectivity index (χ4n) is 1.78. The predicted molar refractivity (Wildman–Crippen MR) is 35.3 cm³/mol. The number of hydrogen-bond donors (Lipinski definition) is 1. The van der Waals surface area contributed by atoms with Crippen LogP contribution in [-0.2, 0) is 4.74 Å². The molecule has 2 aliphatic rings. The Morgan fingerprint density at radius 3 is 2.33 bits per heavy atom. The predicted octanol–water partition coefficient (Wildman–Crippen LogP) is 0.242. The van der Waals surface area contributed by atoms with Crippen LogP contribution in [0.2, 0.25) is 0 Å². The van der Waals surface area contributed by atoms with Gasteiger partial charge in [0.15, 0.2) is 0 Å². The molecule has 9 heavy (non-hydrogen) atoms. The van der Waals surface area contributed by atoms with Crippen molar-refractivity contribution in [3.05, 3.63) is 0 Å². The molecule has 2 nitrogen and oxygen atoms in total. The van der Waals surface area contributed by atoms with Gasteiger partial charge in [-0.25, -0.2) is 0 Å². The van der Waals surface area contributed by atoms with E-state index in [9.17, 15) is 0 Å². The SMILES string of the molecule is C1NCC2COCC1C2. The van der Waals surface area contributed by atoms with Crippen LogP contribution in [0.1, 0.15) is 6.42 Å². The van der Waals surface area contributed by atoms with Gasteiger partial charge >= 0.3 is 0 Å². The van der Waals surface area contributed by atoms with Crippen molar-refractivity contribution in [1.82, 2.24) is 5.32 Å². The average Bonchev–Trinajstić information content (AvgIpc) is 1.88. The van der Waals surface area contributed by atoms with Crippen LogP contribution in [-0.4, -0.2) is 26.3 Å². The van der Waals surface area contributed by atoms with E-state index < -0.39 is 0 Å². The Morgan fingerprint density at radius 2 is 1.78 bits per heavy atom. The molecule has 2 heteroatoms. The Labute approximate surface area is 55.6 Å². The molecule has 52 valence electrons. The second-order valence-electron chi connectivity index (χ2n) is 3.16. The fourth-order valence-corrected chi connectivity index (χ4v) is 1.78. The van der Waals surface area contributed by atoms with E-state index in [2.05, 4.69) is 5.32 Å². The maximum Gasteiger partial charge on any atom is 0.0506 e. The zero-order valence-corrected chi connectivity index (χ0v) is 5.60. The number of piperidine rings is 1. The Hall–Kier alpha value is -0.0800. The summed E-state index contributed by atoms with van der Waals surface area (Å²) in [5.74, 6) is 1.63. The monoisotopic (exact) mass is 127 g/mol. The molecule has 2 aliphatic heterocycles. The van der Waals surface area contributed by atoms with Gasteiger partial charge in [0.1, 0.15) is 0 Å². The van der Waals surface area contributed by atoms with Gasteiger partial charge < -0.3 is 10.1 Å². The smallest absolute Gasteiger partial charge is 0.0506 e. The molecule has 0 aromatic rings. The van der Waals surface area contributed by atoms with Crippen molar-refractivity contribution in [2.24, 2.45) is 11.8 Å². The van der Waals surface area contributed by atoms with Crippen LogP contribution in [0.25, 0.3) is 0 Å². The highest BCUT2D eigenvalue weighted by molar-refractivity contribution is 4.78. The van der Waals surface area contributed by atoms with Gasteiger partial charge in [0.25, 0.3) is 0 Å². The summed E-state index contributed by atoms with van der Waals surface area (Å²) in [6, 6.07) is 0. The largest absolute Gasteiger partial charge is 0.381 e. The van der Waals surface area contributed by atoms with Crippen LogP contribution in [0, 0.1) is 11.8 Å². The molecule has 2 bridgehead atoms. The molecule has 0 radical (unpaired) electrons. The van der Waals surface area contributed by atoms with E-state index in [1.165, 1.54) is 19.5 Å². The van der Waals surface area contributed by atoms with Crippen molar-refractivity contribution in [1.29, 1.82) is 0 Å². The lowest BCUT2D eigenvalue weighted by atomic mass is 9.90. The van der Waals surface area contributed by atoms with Crippen molar-refractivity contribution in [2.75, 3.05) is 26.3 Å². The number of nitrogens with one attached hydrogen (secondary N) is 1. The van der Waals surface area contributed by atoms with E-state index in [1.807, 2.05) is 0 Å². The quantitative estimate of drug-likeness (QED) is 0.503. The van der Waals surface area contributed by atoms with Gasteiger partial charge in [0.05, 0.1) is 13.2 Å². The Bertz CT molecular complexity index is 85.1. The first-order valence-corrected chi connectivity index (χ1v) is 3.73.